The van der Waals surface area contributed by atoms with Gasteiger partial charge in [0, 0.05) is 73.8 Å². The zero-order chi connectivity index (χ0) is 38.2. The van der Waals surface area contributed by atoms with Gasteiger partial charge in [0.15, 0.2) is 5.78 Å². The number of rotatable bonds is 10. The average Bonchev–Trinajstić information content (AvgIpc) is 3.66. The molecule has 2 aromatic heterocycles. The summed E-state index contributed by atoms with van der Waals surface area (Å²) in [5.41, 5.74) is 4.47. The molecular weight excluding hydrogens is 867 g/mol. The van der Waals surface area contributed by atoms with Crippen molar-refractivity contribution in [1.82, 2.24) is 4.98 Å². The second kappa shape index (κ2) is 17.1. The van der Waals surface area contributed by atoms with Gasteiger partial charge in [-0.3, -0.25) is 9.78 Å². The third-order valence-corrected chi connectivity index (χ3v) is 14.7. The summed E-state index contributed by atoms with van der Waals surface area (Å²) >= 11 is 4.00. The molecule has 3 heterocycles. The Morgan fingerprint density at radius 2 is 1.53 bits per heavy atom. The number of hydrogen-bond donors (Lipinski definition) is 1. The Kier molecular flexibility index (Phi) is 14.0. The summed E-state index contributed by atoms with van der Waals surface area (Å²) in [6, 6.07) is 21.7. The summed E-state index contributed by atoms with van der Waals surface area (Å²) in [5, 5.41) is 15.9. The molecule has 0 spiro atoms. The van der Waals surface area contributed by atoms with Crippen molar-refractivity contribution in [3.63, 3.8) is 0 Å². The molecule has 53 heavy (non-hydrogen) atoms. The van der Waals surface area contributed by atoms with Crippen molar-refractivity contribution in [1.29, 1.82) is 0 Å². The number of aliphatic hydroxyl groups excluding tert-OH is 1. The maximum absolute atomic E-state index is 12.2. The van der Waals surface area contributed by atoms with Crippen LogP contribution in [0.1, 0.15) is 132 Å². The third-order valence-electron chi connectivity index (χ3n) is 12.0. The molecule has 0 bridgehead atoms. The van der Waals surface area contributed by atoms with Crippen LogP contribution >= 0.6 is 23.1 Å². The fraction of sp³-hybridized carbons (Fsp3) is 0.489. The van der Waals surface area contributed by atoms with Crippen molar-refractivity contribution in [2.24, 2.45) is 16.7 Å². The Morgan fingerprint density at radius 3 is 2.13 bits per heavy atom. The van der Waals surface area contributed by atoms with Gasteiger partial charge in [-0.2, -0.15) is 0 Å². The van der Waals surface area contributed by atoms with E-state index in [4.69, 9.17) is 4.98 Å². The number of ketones is 1. The molecule has 6 heteroatoms. The number of hydrogen-bond acceptors (Lipinski definition) is 5. The quantitative estimate of drug-likeness (QED) is 0.0861. The molecule has 2 unspecified atom stereocenters. The largest absolute Gasteiger partial charge is 0.512 e. The zero-order valence-corrected chi connectivity index (χ0v) is 38.0. The molecule has 0 fully saturated rings. The zero-order valence-electron chi connectivity index (χ0n) is 34.0. The van der Waals surface area contributed by atoms with E-state index in [1.165, 1.54) is 59.5 Å². The molecule has 287 valence electrons. The van der Waals surface area contributed by atoms with Crippen LogP contribution in [0.15, 0.2) is 71.5 Å². The van der Waals surface area contributed by atoms with Gasteiger partial charge in [0.1, 0.15) is 5.76 Å². The third kappa shape index (κ3) is 8.67. The first kappa shape index (κ1) is 43.2. The van der Waals surface area contributed by atoms with Crippen LogP contribution < -0.4 is 0 Å². The number of pyridine rings is 1. The van der Waals surface area contributed by atoms with Gasteiger partial charge >= 0.3 is 0 Å². The number of carbonyl (C=O) groups is 1. The van der Waals surface area contributed by atoms with Crippen molar-refractivity contribution in [3.8, 4) is 11.3 Å². The second-order valence-electron chi connectivity index (χ2n) is 16.9. The smallest absolute Gasteiger partial charge is 0.164 e. The Bertz CT molecular complexity index is 2100. The summed E-state index contributed by atoms with van der Waals surface area (Å²) in [6.07, 6.45) is 7.98. The second-order valence-corrected chi connectivity index (χ2v) is 19.2. The molecule has 0 saturated heterocycles. The van der Waals surface area contributed by atoms with Crippen LogP contribution in [-0.4, -0.2) is 21.1 Å². The van der Waals surface area contributed by atoms with Crippen molar-refractivity contribution < 1.29 is 30.0 Å². The maximum Gasteiger partial charge on any atom is 0.164 e. The van der Waals surface area contributed by atoms with Crippen LogP contribution in [0.3, 0.4) is 0 Å². The van der Waals surface area contributed by atoms with Gasteiger partial charge in [0.25, 0.3) is 0 Å². The van der Waals surface area contributed by atoms with Crippen LogP contribution in [0, 0.1) is 22.8 Å². The van der Waals surface area contributed by atoms with Gasteiger partial charge in [-0.25, -0.2) is 0 Å². The molecule has 5 aromatic rings. The molecule has 3 aromatic carbocycles. The molecule has 0 saturated carbocycles. The summed E-state index contributed by atoms with van der Waals surface area (Å²) in [6.45, 7) is 26.1. The summed E-state index contributed by atoms with van der Waals surface area (Å²) in [7, 11) is 0. The molecule has 1 N–H and O–H groups in total. The van der Waals surface area contributed by atoms with E-state index in [9.17, 15) is 9.90 Å². The minimum Gasteiger partial charge on any atom is -0.512 e. The van der Waals surface area contributed by atoms with Crippen LogP contribution in [0.4, 0.5) is 0 Å². The monoisotopic (exact) mass is 927 g/mol. The Labute approximate surface area is 341 Å². The topological polar surface area (TPSA) is 50.2 Å². The van der Waals surface area contributed by atoms with Crippen LogP contribution in [0.2, 0.25) is 0 Å². The van der Waals surface area contributed by atoms with Crippen LogP contribution in [-0.2, 0) is 30.3 Å². The number of benzene rings is 3. The summed E-state index contributed by atoms with van der Waals surface area (Å²) in [4.78, 5) is 18.7. The number of thiophene rings is 1. The minimum atomic E-state index is -0.337. The van der Waals surface area contributed by atoms with Crippen LogP contribution in [0.5, 0.6) is 0 Å². The number of aromatic nitrogens is 1. The number of aliphatic hydroxyl groups is 1. The molecule has 0 aliphatic carbocycles. The molecular formula is C47H60IrNO2S2-. The first-order valence-corrected chi connectivity index (χ1v) is 21.1. The molecule has 6 rings (SSSR count). The Hall–Kier alpha value is -2.50. The van der Waals surface area contributed by atoms with Crippen molar-refractivity contribution in [2.75, 3.05) is 0 Å². The van der Waals surface area contributed by atoms with Gasteiger partial charge in [0.2, 0.25) is 0 Å². The van der Waals surface area contributed by atoms with E-state index in [-0.39, 0.29) is 47.9 Å². The predicted molar refractivity (Wildman–Crippen MR) is 228 cm³/mol. The number of allylic oxidation sites excluding steroid dienone is 2. The van der Waals surface area contributed by atoms with Gasteiger partial charge in [-0.1, -0.05) is 118 Å². The van der Waals surface area contributed by atoms with Crippen molar-refractivity contribution in [3.05, 3.63) is 83.8 Å². The van der Waals surface area contributed by atoms with E-state index < -0.39 is 0 Å². The van der Waals surface area contributed by atoms with E-state index in [1.54, 1.807) is 0 Å². The van der Waals surface area contributed by atoms with Crippen LogP contribution in [0.25, 0.3) is 42.2 Å². The van der Waals surface area contributed by atoms with Crippen molar-refractivity contribution in [2.45, 2.75) is 137 Å². The molecule has 1 aliphatic heterocycles. The fourth-order valence-electron chi connectivity index (χ4n) is 7.31. The van der Waals surface area contributed by atoms with E-state index in [1.807, 2.05) is 59.1 Å². The first-order chi connectivity index (χ1) is 24.5. The number of carbonyl (C=O) groups excluding carboxylic acids is 1. The number of thioether (sulfide) groups is 1. The average molecular weight is 927 g/mol. The Morgan fingerprint density at radius 1 is 0.906 bits per heavy atom. The SMILES string of the molecule is CC(C)CC1Sc2c(ccc3sc4ccnc(-c5[c-]c6ccccc6c(C(C)(C)C)c5)c4c23)C1C.CCC(C)(CC)C(=O)/C=C(\O)C(C)(CC)CC.[Ir]. The van der Waals surface area contributed by atoms with E-state index in [0.717, 1.165) is 36.9 Å². The molecule has 1 radical (unpaired) electrons. The summed E-state index contributed by atoms with van der Waals surface area (Å²) in [5.74, 6) is 1.57. The predicted octanol–water partition coefficient (Wildman–Crippen LogP) is 14.6. The van der Waals surface area contributed by atoms with Gasteiger partial charge in [0.05, 0.1) is 0 Å². The molecule has 3 nitrogen and oxygen atoms in total. The van der Waals surface area contributed by atoms with E-state index in [2.05, 4.69) is 108 Å². The standard InChI is InChI=1S/C32H32NS2.C15H28O2.Ir/c1-18(2)15-27-19(3)22-11-12-25-29(31(22)35-27)28-26(34-25)13-14-33-30(28)21-16-20-9-7-8-10-23(20)24(17-21)32(4,5)6;1-7-14(5,8-2)12(16)11-13(17)15(6,9-3)10-4;/h7-14,17-19,27H,15H2,1-6H3;11,16H,7-10H2,1-6H3;/q-1;;/b;12-11-;. The van der Waals surface area contributed by atoms with E-state index >= 15 is 0 Å². The first-order valence-electron chi connectivity index (χ1n) is 19.4. The molecule has 1 aliphatic rings. The fourth-order valence-corrected chi connectivity index (χ4v) is 10.3. The van der Waals surface area contributed by atoms with Crippen molar-refractivity contribution >= 4 is 59.8 Å². The molecule has 2 atom stereocenters. The number of fused-ring (bicyclic) bond motifs is 6. The van der Waals surface area contributed by atoms with Gasteiger partial charge in [-0.05, 0) is 72.4 Å². The van der Waals surface area contributed by atoms with E-state index in [0.29, 0.717) is 17.1 Å². The molecule has 0 amide bonds. The van der Waals surface area contributed by atoms with Gasteiger partial charge in [-0.15, -0.1) is 52.2 Å². The number of nitrogens with zero attached hydrogens (tertiary/aromatic N) is 1. The van der Waals surface area contributed by atoms with Gasteiger partial charge < -0.3 is 5.11 Å². The summed E-state index contributed by atoms with van der Waals surface area (Å²) < 4.78 is 2.69. The normalized spacial score (nSPS) is 16.5. The minimum absolute atomic E-state index is 0. The maximum atomic E-state index is 12.2. The Balaban J connectivity index is 0.000000299.